The fraction of sp³-hybridized carbons (Fsp3) is 0.542. The molecule has 142 valence electrons. The Morgan fingerprint density at radius 3 is 2.74 bits per heavy atom. The zero-order valence-electron chi connectivity index (χ0n) is 16.2. The second-order valence-electron chi connectivity index (χ2n) is 9.43. The number of nitrogen functional groups attached to an aromatic ring is 1. The number of rotatable bonds is 2. The minimum atomic E-state index is -0.592. The van der Waals surface area contributed by atoms with Crippen LogP contribution in [0, 0.1) is 17.3 Å². The summed E-state index contributed by atoms with van der Waals surface area (Å²) in [4.78, 5) is 4.13. The van der Waals surface area contributed by atoms with Gasteiger partial charge in [-0.25, -0.2) is 0 Å². The summed E-state index contributed by atoms with van der Waals surface area (Å²) in [6, 6.07) is 10.7. The highest BCUT2D eigenvalue weighted by Crippen LogP contribution is 2.64. The van der Waals surface area contributed by atoms with Gasteiger partial charge in [0.1, 0.15) is 0 Å². The van der Waals surface area contributed by atoms with Crippen molar-refractivity contribution in [2.75, 3.05) is 5.73 Å². The number of anilines is 1. The highest BCUT2D eigenvalue weighted by Gasteiger charge is 2.61. The number of fused-ring (bicyclic) bond motifs is 5. The van der Waals surface area contributed by atoms with E-state index < -0.39 is 5.60 Å². The molecule has 5 atom stereocenters. The van der Waals surface area contributed by atoms with Crippen LogP contribution in [0.3, 0.4) is 0 Å². The minimum Gasteiger partial charge on any atom is -0.399 e. The molecule has 2 fully saturated rings. The van der Waals surface area contributed by atoms with E-state index >= 15 is 0 Å². The van der Waals surface area contributed by atoms with Crippen molar-refractivity contribution in [2.45, 2.75) is 63.4 Å². The molecule has 3 unspecified atom stereocenters. The van der Waals surface area contributed by atoms with Gasteiger partial charge in [-0.05, 0) is 103 Å². The van der Waals surface area contributed by atoms with Gasteiger partial charge in [0.15, 0.2) is 0 Å². The average molecular weight is 363 g/mol. The minimum absolute atomic E-state index is 0.0166. The van der Waals surface area contributed by atoms with Crippen LogP contribution in [0.5, 0.6) is 0 Å². The van der Waals surface area contributed by atoms with E-state index in [9.17, 15) is 5.11 Å². The Balaban J connectivity index is 1.45. The summed E-state index contributed by atoms with van der Waals surface area (Å²) in [6.45, 7) is 2.38. The van der Waals surface area contributed by atoms with E-state index in [1.54, 1.807) is 0 Å². The number of aliphatic hydroxyl groups is 1. The van der Waals surface area contributed by atoms with Crippen LogP contribution < -0.4 is 5.73 Å². The van der Waals surface area contributed by atoms with E-state index in [2.05, 4.69) is 42.2 Å². The molecule has 0 bridgehead atoms. The van der Waals surface area contributed by atoms with Crippen molar-refractivity contribution < 1.29 is 5.11 Å². The predicted octanol–water partition coefficient (Wildman–Crippen LogP) is 4.49. The third-order valence-corrected chi connectivity index (χ3v) is 8.32. The van der Waals surface area contributed by atoms with Crippen LogP contribution in [0.1, 0.15) is 61.6 Å². The molecule has 3 nitrogen and oxygen atoms in total. The Morgan fingerprint density at radius 2 is 1.93 bits per heavy atom. The molecular weight excluding hydrogens is 332 g/mol. The molecule has 5 rings (SSSR count). The lowest BCUT2D eigenvalue weighted by molar-refractivity contribution is -0.102. The van der Waals surface area contributed by atoms with Gasteiger partial charge in [0, 0.05) is 24.5 Å². The van der Waals surface area contributed by atoms with Crippen LogP contribution in [0.15, 0.2) is 42.7 Å². The van der Waals surface area contributed by atoms with Crippen molar-refractivity contribution in [3.05, 3.63) is 59.4 Å². The quantitative estimate of drug-likeness (QED) is 0.774. The van der Waals surface area contributed by atoms with Gasteiger partial charge in [0.25, 0.3) is 0 Å². The molecule has 0 aliphatic heterocycles. The number of hydrogen-bond acceptors (Lipinski definition) is 3. The number of aromatic nitrogens is 1. The van der Waals surface area contributed by atoms with E-state index in [0.29, 0.717) is 17.8 Å². The van der Waals surface area contributed by atoms with Crippen LogP contribution in [-0.2, 0) is 12.8 Å². The van der Waals surface area contributed by atoms with Gasteiger partial charge in [-0.1, -0.05) is 13.0 Å². The molecule has 1 heterocycles. The van der Waals surface area contributed by atoms with Crippen LogP contribution in [-0.4, -0.2) is 15.7 Å². The Morgan fingerprint density at radius 1 is 1.11 bits per heavy atom. The van der Waals surface area contributed by atoms with E-state index in [1.165, 1.54) is 29.5 Å². The van der Waals surface area contributed by atoms with E-state index in [1.807, 2.05) is 12.4 Å². The Labute approximate surface area is 162 Å². The van der Waals surface area contributed by atoms with E-state index in [0.717, 1.165) is 37.8 Å². The zero-order chi connectivity index (χ0) is 18.6. The topological polar surface area (TPSA) is 59.1 Å². The van der Waals surface area contributed by atoms with Gasteiger partial charge in [-0.3, -0.25) is 4.98 Å². The molecule has 1 aromatic carbocycles. The number of pyridine rings is 1. The normalized spacial score (nSPS) is 37.3. The van der Waals surface area contributed by atoms with Crippen molar-refractivity contribution in [1.29, 1.82) is 0 Å². The molecule has 2 saturated carbocycles. The molecule has 3 aliphatic carbocycles. The smallest absolute Gasteiger partial charge is 0.0744 e. The first-order valence-electron chi connectivity index (χ1n) is 10.5. The van der Waals surface area contributed by atoms with Crippen molar-refractivity contribution in [1.82, 2.24) is 4.98 Å². The maximum atomic E-state index is 11.8. The summed E-state index contributed by atoms with van der Waals surface area (Å²) >= 11 is 0. The molecule has 2 aromatic rings. The number of hydrogen-bond donors (Lipinski definition) is 2. The second-order valence-corrected chi connectivity index (χ2v) is 9.43. The monoisotopic (exact) mass is 362 g/mol. The summed E-state index contributed by atoms with van der Waals surface area (Å²) in [5.74, 6) is 1.97. The number of aryl methyl sites for hydroxylation is 1. The van der Waals surface area contributed by atoms with Crippen molar-refractivity contribution in [3.63, 3.8) is 0 Å². The molecule has 3 aliphatic rings. The zero-order valence-corrected chi connectivity index (χ0v) is 16.2. The molecule has 27 heavy (non-hydrogen) atoms. The lowest BCUT2D eigenvalue weighted by Gasteiger charge is -2.53. The molecule has 0 amide bonds. The Bertz CT molecular complexity index is 851. The summed E-state index contributed by atoms with van der Waals surface area (Å²) in [7, 11) is 0. The Hall–Kier alpha value is -1.87. The first-order valence-corrected chi connectivity index (χ1v) is 10.5. The van der Waals surface area contributed by atoms with Crippen LogP contribution in [0.4, 0.5) is 5.69 Å². The van der Waals surface area contributed by atoms with Crippen LogP contribution >= 0.6 is 0 Å². The SMILES string of the molecule is C[C@]12CCC3c4ccc(N)cc4CCC3C1CC[C@@]2(O)Cc1ccncc1. The summed E-state index contributed by atoms with van der Waals surface area (Å²) in [5, 5.41) is 11.8. The molecule has 3 N–H and O–H groups in total. The number of benzene rings is 1. The van der Waals surface area contributed by atoms with Crippen LogP contribution in [0.25, 0.3) is 0 Å². The molecule has 3 heteroatoms. The van der Waals surface area contributed by atoms with Gasteiger partial charge < -0.3 is 10.8 Å². The summed E-state index contributed by atoms with van der Waals surface area (Å²) in [5.41, 5.74) is 10.5. The Kier molecular flexibility index (Phi) is 3.87. The highest BCUT2D eigenvalue weighted by molar-refractivity contribution is 5.47. The number of nitrogens with zero attached hydrogens (tertiary/aromatic N) is 1. The highest BCUT2D eigenvalue weighted by atomic mass is 16.3. The predicted molar refractivity (Wildman–Crippen MR) is 108 cm³/mol. The first kappa shape index (κ1) is 17.2. The summed E-state index contributed by atoms with van der Waals surface area (Å²) in [6.07, 6.45) is 11.2. The van der Waals surface area contributed by atoms with Gasteiger partial charge in [-0.15, -0.1) is 0 Å². The number of nitrogens with two attached hydrogens (primary N) is 1. The van der Waals surface area contributed by atoms with Crippen molar-refractivity contribution in [3.8, 4) is 0 Å². The molecule has 0 spiro atoms. The van der Waals surface area contributed by atoms with E-state index in [4.69, 9.17) is 5.73 Å². The fourth-order valence-electron chi connectivity index (χ4n) is 6.84. The van der Waals surface area contributed by atoms with Crippen molar-refractivity contribution in [2.24, 2.45) is 17.3 Å². The second kappa shape index (κ2) is 6.07. The van der Waals surface area contributed by atoms with Gasteiger partial charge >= 0.3 is 0 Å². The third kappa shape index (κ3) is 2.55. The molecule has 0 saturated heterocycles. The van der Waals surface area contributed by atoms with Gasteiger partial charge in [-0.2, -0.15) is 0 Å². The average Bonchev–Trinajstić information content (AvgIpc) is 2.93. The summed E-state index contributed by atoms with van der Waals surface area (Å²) < 4.78 is 0. The molecule has 1 aromatic heterocycles. The first-order chi connectivity index (χ1) is 13.0. The molecular formula is C24H30N2O. The van der Waals surface area contributed by atoms with Gasteiger partial charge in [0.2, 0.25) is 0 Å². The fourth-order valence-corrected chi connectivity index (χ4v) is 6.84. The molecule has 0 radical (unpaired) electrons. The van der Waals surface area contributed by atoms with Crippen LogP contribution in [0.2, 0.25) is 0 Å². The standard InChI is InChI=1S/C24H30N2O/c1-23-10-6-20-19-5-3-18(25)14-17(19)2-4-21(20)22(23)7-11-24(23,27)15-16-8-12-26-13-9-16/h3,5,8-9,12-14,20-22,27H,2,4,6-7,10-11,15,25H2,1H3/t20?,21?,22?,23-,24+/m0/s1. The third-order valence-electron chi connectivity index (χ3n) is 8.32. The lowest BCUT2D eigenvalue weighted by atomic mass is 9.53. The lowest BCUT2D eigenvalue weighted by Crippen LogP contribution is -2.51. The maximum Gasteiger partial charge on any atom is 0.0744 e. The van der Waals surface area contributed by atoms with Gasteiger partial charge in [0.05, 0.1) is 5.60 Å². The largest absolute Gasteiger partial charge is 0.399 e. The van der Waals surface area contributed by atoms with E-state index in [-0.39, 0.29) is 5.41 Å². The van der Waals surface area contributed by atoms with Crippen molar-refractivity contribution >= 4 is 5.69 Å². The maximum absolute atomic E-state index is 11.8.